The van der Waals surface area contributed by atoms with Gasteiger partial charge in [0.05, 0.1) is 30.9 Å². The largest absolute Gasteiger partial charge is 0.462 e. The third-order valence-electron chi connectivity index (χ3n) is 4.79. The van der Waals surface area contributed by atoms with E-state index in [-0.39, 0.29) is 11.5 Å². The highest BCUT2D eigenvalue weighted by Crippen LogP contribution is 2.34. The van der Waals surface area contributed by atoms with E-state index in [1.165, 1.54) is 12.6 Å². The number of hydrogen-bond donors (Lipinski definition) is 0. The molecule has 3 rings (SSSR count). The van der Waals surface area contributed by atoms with Gasteiger partial charge in [-0.3, -0.25) is 9.78 Å². The molecule has 0 aromatic carbocycles. The Morgan fingerprint density at radius 3 is 2.75 bits per heavy atom. The van der Waals surface area contributed by atoms with Gasteiger partial charge in [-0.05, 0) is 31.9 Å². The summed E-state index contributed by atoms with van der Waals surface area (Å²) in [6.07, 6.45) is 7.01. The number of ether oxygens (including phenoxy) is 2. The zero-order chi connectivity index (χ0) is 17.0. The molecule has 2 fully saturated rings. The highest BCUT2D eigenvalue weighted by atomic mass is 16.5. The van der Waals surface area contributed by atoms with Crippen molar-refractivity contribution in [2.45, 2.75) is 44.6 Å². The fraction of sp³-hybridized carbons (Fsp3) is 0.611. The van der Waals surface area contributed by atoms with E-state index in [4.69, 9.17) is 9.47 Å². The Balaban J connectivity index is 1.68. The lowest BCUT2D eigenvalue weighted by atomic mass is 9.83. The van der Waals surface area contributed by atoms with Gasteiger partial charge in [-0.1, -0.05) is 19.3 Å². The van der Waals surface area contributed by atoms with Gasteiger partial charge in [0.2, 0.25) is 0 Å². The van der Waals surface area contributed by atoms with Gasteiger partial charge in [0, 0.05) is 12.7 Å². The van der Waals surface area contributed by atoms with Crippen molar-refractivity contribution in [3.8, 4) is 0 Å². The number of nitrogens with zero attached hydrogens (tertiary/aromatic N) is 2. The molecule has 1 aromatic rings. The summed E-state index contributed by atoms with van der Waals surface area (Å²) in [4.78, 5) is 30.4. The predicted molar refractivity (Wildman–Crippen MR) is 87.9 cm³/mol. The van der Waals surface area contributed by atoms with Crippen molar-refractivity contribution >= 4 is 11.9 Å². The predicted octanol–water partition coefficient (Wildman–Crippen LogP) is 2.43. The first-order valence-electron chi connectivity index (χ1n) is 8.70. The topological polar surface area (TPSA) is 68.7 Å². The Morgan fingerprint density at radius 1 is 1.29 bits per heavy atom. The summed E-state index contributed by atoms with van der Waals surface area (Å²) < 4.78 is 11.0. The Labute approximate surface area is 142 Å². The van der Waals surface area contributed by atoms with Crippen LogP contribution in [0.2, 0.25) is 0 Å². The SMILES string of the molecule is CCOC(=O)c1ccc(C(=O)N2CCOC3(CCCCC3)C2)nc1. The Kier molecular flexibility index (Phi) is 5.14. The summed E-state index contributed by atoms with van der Waals surface area (Å²) in [5.74, 6) is -0.518. The van der Waals surface area contributed by atoms with Gasteiger partial charge in [-0.15, -0.1) is 0 Å². The lowest BCUT2D eigenvalue weighted by Crippen LogP contribution is -2.54. The summed E-state index contributed by atoms with van der Waals surface area (Å²) in [5, 5.41) is 0. The van der Waals surface area contributed by atoms with Crippen molar-refractivity contribution in [3.63, 3.8) is 0 Å². The number of carbonyl (C=O) groups excluding carboxylic acids is 2. The van der Waals surface area contributed by atoms with Gasteiger partial charge < -0.3 is 14.4 Å². The smallest absolute Gasteiger partial charge is 0.339 e. The molecule has 1 aromatic heterocycles. The van der Waals surface area contributed by atoms with Crippen molar-refractivity contribution in [2.75, 3.05) is 26.3 Å². The van der Waals surface area contributed by atoms with Crippen LogP contribution in [0.15, 0.2) is 18.3 Å². The van der Waals surface area contributed by atoms with E-state index in [9.17, 15) is 9.59 Å². The second-order valence-electron chi connectivity index (χ2n) is 6.47. The zero-order valence-electron chi connectivity index (χ0n) is 14.1. The average Bonchev–Trinajstić information content (AvgIpc) is 2.62. The Bertz CT molecular complexity index is 588. The van der Waals surface area contributed by atoms with Crippen LogP contribution in [0.1, 0.15) is 59.9 Å². The number of morpholine rings is 1. The van der Waals surface area contributed by atoms with E-state index in [0.717, 1.165) is 25.7 Å². The van der Waals surface area contributed by atoms with Crippen molar-refractivity contribution in [2.24, 2.45) is 0 Å². The molecule has 1 spiro atoms. The lowest BCUT2D eigenvalue weighted by molar-refractivity contribution is -0.117. The number of carbonyl (C=O) groups is 2. The van der Waals surface area contributed by atoms with Crippen molar-refractivity contribution in [3.05, 3.63) is 29.6 Å². The van der Waals surface area contributed by atoms with Gasteiger partial charge in [-0.25, -0.2) is 4.79 Å². The van der Waals surface area contributed by atoms with E-state index in [1.54, 1.807) is 19.1 Å². The number of pyridine rings is 1. The Morgan fingerprint density at radius 2 is 2.08 bits per heavy atom. The number of esters is 1. The number of amides is 1. The molecule has 0 unspecified atom stereocenters. The maximum absolute atomic E-state index is 12.7. The molecule has 6 nitrogen and oxygen atoms in total. The van der Waals surface area contributed by atoms with E-state index >= 15 is 0 Å². The third-order valence-corrected chi connectivity index (χ3v) is 4.79. The average molecular weight is 332 g/mol. The highest BCUT2D eigenvalue weighted by Gasteiger charge is 2.39. The molecule has 0 radical (unpaired) electrons. The number of aromatic nitrogens is 1. The van der Waals surface area contributed by atoms with Crippen molar-refractivity contribution in [1.29, 1.82) is 0 Å². The van der Waals surface area contributed by atoms with Crippen LogP contribution in [-0.4, -0.2) is 53.7 Å². The summed E-state index contributed by atoms with van der Waals surface area (Å²) in [6.45, 7) is 3.86. The first kappa shape index (κ1) is 16.9. The molecule has 1 amide bonds. The van der Waals surface area contributed by atoms with Crippen LogP contribution in [-0.2, 0) is 9.47 Å². The maximum atomic E-state index is 12.7. The Hall–Kier alpha value is -1.95. The first-order valence-corrected chi connectivity index (χ1v) is 8.70. The third kappa shape index (κ3) is 3.59. The fourth-order valence-corrected chi connectivity index (χ4v) is 3.53. The molecule has 0 N–H and O–H groups in total. The van der Waals surface area contributed by atoms with E-state index in [2.05, 4.69) is 4.98 Å². The van der Waals surface area contributed by atoms with Gasteiger partial charge >= 0.3 is 5.97 Å². The zero-order valence-corrected chi connectivity index (χ0v) is 14.1. The van der Waals surface area contributed by atoms with Crippen molar-refractivity contribution in [1.82, 2.24) is 9.88 Å². The molecule has 1 saturated heterocycles. The quantitative estimate of drug-likeness (QED) is 0.795. The molecule has 2 aliphatic rings. The molecule has 6 heteroatoms. The molecule has 0 bridgehead atoms. The van der Waals surface area contributed by atoms with Crippen LogP contribution in [0.25, 0.3) is 0 Å². The standard InChI is InChI=1S/C18H24N2O4/c1-2-23-17(22)14-6-7-15(19-12-14)16(21)20-10-11-24-18(13-20)8-4-3-5-9-18/h6-7,12H,2-5,8-11,13H2,1H3. The molecule has 1 aliphatic carbocycles. The van der Waals surface area contributed by atoms with E-state index in [1.807, 2.05) is 4.90 Å². The van der Waals surface area contributed by atoms with Crippen LogP contribution in [0.3, 0.4) is 0 Å². The fourth-order valence-electron chi connectivity index (χ4n) is 3.53. The van der Waals surface area contributed by atoms with E-state index < -0.39 is 5.97 Å². The van der Waals surface area contributed by atoms with Gasteiger partial charge in [0.15, 0.2) is 0 Å². The molecule has 0 atom stereocenters. The van der Waals surface area contributed by atoms with Crippen molar-refractivity contribution < 1.29 is 19.1 Å². The van der Waals surface area contributed by atoms with Crippen LogP contribution >= 0.6 is 0 Å². The second kappa shape index (κ2) is 7.30. The summed E-state index contributed by atoms with van der Waals surface area (Å²) >= 11 is 0. The second-order valence-corrected chi connectivity index (χ2v) is 6.47. The number of rotatable bonds is 3. The monoisotopic (exact) mass is 332 g/mol. The summed E-state index contributed by atoms with van der Waals surface area (Å²) in [5.41, 5.74) is 0.548. The maximum Gasteiger partial charge on any atom is 0.339 e. The van der Waals surface area contributed by atoms with E-state index in [0.29, 0.717) is 37.6 Å². The molecule has 1 saturated carbocycles. The van der Waals surface area contributed by atoms with Crippen LogP contribution in [0, 0.1) is 0 Å². The normalized spacial score (nSPS) is 20.0. The molecule has 24 heavy (non-hydrogen) atoms. The molecule has 130 valence electrons. The summed E-state index contributed by atoms with van der Waals surface area (Å²) in [6, 6.07) is 3.19. The first-order chi connectivity index (χ1) is 11.6. The van der Waals surface area contributed by atoms with Gasteiger partial charge in [0.1, 0.15) is 5.69 Å². The summed E-state index contributed by atoms with van der Waals surface area (Å²) in [7, 11) is 0. The molecule has 1 aliphatic heterocycles. The molecule has 2 heterocycles. The lowest BCUT2D eigenvalue weighted by Gasteiger charge is -2.44. The van der Waals surface area contributed by atoms with Crippen LogP contribution < -0.4 is 0 Å². The minimum atomic E-state index is -0.420. The minimum absolute atomic E-state index is 0.0985. The molecular weight excluding hydrogens is 308 g/mol. The minimum Gasteiger partial charge on any atom is -0.462 e. The van der Waals surface area contributed by atoms with Gasteiger partial charge in [-0.2, -0.15) is 0 Å². The van der Waals surface area contributed by atoms with Crippen LogP contribution in [0.5, 0.6) is 0 Å². The van der Waals surface area contributed by atoms with Gasteiger partial charge in [0.25, 0.3) is 5.91 Å². The van der Waals surface area contributed by atoms with Crippen LogP contribution in [0.4, 0.5) is 0 Å². The highest BCUT2D eigenvalue weighted by molar-refractivity contribution is 5.94. The molecular formula is C18H24N2O4. The number of hydrogen-bond acceptors (Lipinski definition) is 5.